The number of hydrogen-bond donors (Lipinski definition) is 1. The number of rotatable bonds is 1. The molecule has 1 aromatic heterocycles. The average Bonchev–Trinajstić information content (AvgIpc) is 2.72. The van der Waals surface area contributed by atoms with Crippen LogP contribution in [0.5, 0.6) is 0 Å². The predicted molar refractivity (Wildman–Crippen MR) is 66.6 cm³/mol. The largest absolute Gasteiger partial charge is 0.330 e. The van der Waals surface area contributed by atoms with Crippen molar-refractivity contribution in [2.45, 2.75) is 25.2 Å². The SMILES string of the molecule is NCC1CCCc2cc3sccc3cc21. The summed E-state index contributed by atoms with van der Waals surface area (Å²) in [6.07, 6.45) is 3.80. The average molecular weight is 217 g/mol. The summed E-state index contributed by atoms with van der Waals surface area (Å²) >= 11 is 1.84. The van der Waals surface area contributed by atoms with Crippen LogP contribution >= 0.6 is 11.3 Å². The first-order chi connectivity index (χ1) is 7.38. The number of hydrogen-bond acceptors (Lipinski definition) is 2. The maximum Gasteiger partial charge on any atom is 0.0345 e. The molecule has 0 radical (unpaired) electrons. The van der Waals surface area contributed by atoms with Gasteiger partial charge in [0.1, 0.15) is 0 Å². The summed E-state index contributed by atoms with van der Waals surface area (Å²) in [5, 5.41) is 3.56. The molecule has 0 aliphatic heterocycles. The molecule has 2 N–H and O–H groups in total. The van der Waals surface area contributed by atoms with Crippen LogP contribution in [-0.2, 0) is 6.42 Å². The molecule has 1 aliphatic rings. The zero-order chi connectivity index (χ0) is 10.3. The Labute approximate surface area is 93.9 Å². The second kappa shape index (κ2) is 3.62. The first kappa shape index (κ1) is 9.37. The smallest absolute Gasteiger partial charge is 0.0345 e. The van der Waals surface area contributed by atoms with Gasteiger partial charge in [-0.2, -0.15) is 0 Å². The maximum atomic E-state index is 5.84. The van der Waals surface area contributed by atoms with Gasteiger partial charge in [-0.25, -0.2) is 0 Å². The molecule has 1 atom stereocenters. The van der Waals surface area contributed by atoms with Crippen LogP contribution in [0.25, 0.3) is 10.1 Å². The Morgan fingerprint density at radius 2 is 2.33 bits per heavy atom. The van der Waals surface area contributed by atoms with Crippen molar-refractivity contribution < 1.29 is 0 Å². The lowest BCUT2D eigenvalue weighted by atomic mass is 9.82. The van der Waals surface area contributed by atoms with E-state index < -0.39 is 0 Å². The van der Waals surface area contributed by atoms with Crippen LogP contribution in [0.3, 0.4) is 0 Å². The standard InChI is InChI=1S/C13H15NS/c14-8-11-3-1-2-9-7-13-10(4-5-15-13)6-12(9)11/h4-7,11H,1-3,8,14H2. The van der Waals surface area contributed by atoms with Crippen molar-refractivity contribution in [3.8, 4) is 0 Å². The molecule has 3 rings (SSSR count). The molecule has 0 fully saturated rings. The van der Waals surface area contributed by atoms with Crippen LogP contribution in [0.1, 0.15) is 29.9 Å². The zero-order valence-corrected chi connectivity index (χ0v) is 9.52. The molecule has 0 saturated heterocycles. The monoisotopic (exact) mass is 217 g/mol. The summed E-state index contributed by atoms with van der Waals surface area (Å²) in [5.74, 6) is 0.595. The molecule has 0 spiro atoms. The minimum atomic E-state index is 0.595. The van der Waals surface area contributed by atoms with E-state index in [0.717, 1.165) is 6.54 Å². The Morgan fingerprint density at radius 3 is 3.20 bits per heavy atom. The predicted octanol–water partition coefficient (Wildman–Crippen LogP) is 3.28. The molecule has 0 amide bonds. The summed E-state index contributed by atoms with van der Waals surface area (Å²) in [7, 11) is 0. The van der Waals surface area contributed by atoms with Gasteiger partial charge < -0.3 is 5.73 Å². The Hall–Kier alpha value is -0.860. The van der Waals surface area contributed by atoms with Gasteiger partial charge in [0, 0.05) is 4.70 Å². The topological polar surface area (TPSA) is 26.0 Å². The minimum Gasteiger partial charge on any atom is -0.330 e. The van der Waals surface area contributed by atoms with E-state index in [4.69, 9.17) is 5.73 Å². The molecule has 1 aromatic carbocycles. The van der Waals surface area contributed by atoms with E-state index in [0.29, 0.717) is 5.92 Å². The highest BCUT2D eigenvalue weighted by Gasteiger charge is 2.19. The van der Waals surface area contributed by atoms with E-state index >= 15 is 0 Å². The molecule has 0 bridgehead atoms. The normalized spacial score (nSPS) is 20.5. The van der Waals surface area contributed by atoms with Crippen molar-refractivity contribution in [1.82, 2.24) is 0 Å². The second-order valence-corrected chi connectivity index (χ2v) is 5.28. The molecule has 78 valence electrons. The molecular weight excluding hydrogens is 202 g/mol. The summed E-state index contributed by atoms with van der Waals surface area (Å²) in [6.45, 7) is 0.794. The van der Waals surface area contributed by atoms with Crippen LogP contribution in [-0.4, -0.2) is 6.54 Å². The molecule has 1 aliphatic carbocycles. The van der Waals surface area contributed by atoms with Crippen molar-refractivity contribution >= 4 is 21.4 Å². The number of fused-ring (bicyclic) bond motifs is 2. The molecule has 15 heavy (non-hydrogen) atoms. The maximum absolute atomic E-state index is 5.84. The highest BCUT2D eigenvalue weighted by molar-refractivity contribution is 7.17. The van der Waals surface area contributed by atoms with Crippen molar-refractivity contribution in [2.75, 3.05) is 6.54 Å². The van der Waals surface area contributed by atoms with E-state index in [-0.39, 0.29) is 0 Å². The zero-order valence-electron chi connectivity index (χ0n) is 8.70. The molecule has 2 heteroatoms. The van der Waals surface area contributed by atoms with Crippen molar-refractivity contribution in [3.05, 3.63) is 34.7 Å². The van der Waals surface area contributed by atoms with Gasteiger partial charge >= 0.3 is 0 Å². The van der Waals surface area contributed by atoms with E-state index in [1.54, 1.807) is 0 Å². The van der Waals surface area contributed by atoms with Gasteiger partial charge in [-0.05, 0) is 71.8 Å². The van der Waals surface area contributed by atoms with Gasteiger partial charge in [-0.3, -0.25) is 0 Å². The van der Waals surface area contributed by atoms with E-state index in [1.807, 2.05) is 11.3 Å². The van der Waals surface area contributed by atoms with Gasteiger partial charge in [0.15, 0.2) is 0 Å². The van der Waals surface area contributed by atoms with Crippen LogP contribution in [0.2, 0.25) is 0 Å². The highest BCUT2D eigenvalue weighted by atomic mass is 32.1. The minimum absolute atomic E-state index is 0.595. The molecule has 0 saturated carbocycles. The number of aryl methyl sites for hydroxylation is 1. The van der Waals surface area contributed by atoms with Crippen LogP contribution in [0, 0.1) is 0 Å². The molecule has 1 unspecified atom stereocenters. The van der Waals surface area contributed by atoms with Crippen LogP contribution < -0.4 is 5.73 Å². The van der Waals surface area contributed by atoms with E-state index in [9.17, 15) is 0 Å². The quantitative estimate of drug-likeness (QED) is 0.779. The lowest BCUT2D eigenvalue weighted by Crippen LogP contribution is -2.17. The van der Waals surface area contributed by atoms with Crippen LogP contribution in [0.4, 0.5) is 0 Å². The lowest BCUT2D eigenvalue weighted by Gasteiger charge is -2.24. The van der Waals surface area contributed by atoms with Gasteiger partial charge in [-0.1, -0.05) is 0 Å². The summed E-state index contributed by atoms with van der Waals surface area (Å²) in [5.41, 5.74) is 8.88. The van der Waals surface area contributed by atoms with Gasteiger partial charge in [0.2, 0.25) is 0 Å². The third kappa shape index (κ3) is 1.48. The van der Waals surface area contributed by atoms with Gasteiger partial charge in [0.25, 0.3) is 0 Å². The second-order valence-electron chi connectivity index (χ2n) is 4.33. The molecule has 1 nitrogen and oxygen atoms in total. The lowest BCUT2D eigenvalue weighted by molar-refractivity contribution is 0.562. The third-order valence-electron chi connectivity index (χ3n) is 3.44. The number of benzene rings is 1. The number of nitrogens with two attached hydrogens (primary N) is 1. The Kier molecular flexibility index (Phi) is 2.26. The van der Waals surface area contributed by atoms with Gasteiger partial charge in [0.05, 0.1) is 0 Å². The summed E-state index contributed by atoms with van der Waals surface area (Å²) < 4.78 is 1.42. The van der Waals surface area contributed by atoms with Crippen LogP contribution in [0.15, 0.2) is 23.6 Å². The molecular formula is C13H15NS. The van der Waals surface area contributed by atoms with Crippen molar-refractivity contribution in [2.24, 2.45) is 5.73 Å². The Morgan fingerprint density at radius 1 is 1.40 bits per heavy atom. The fourth-order valence-electron chi connectivity index (χ4n) is 2.60. The summed E-state index contributed by atoms with van der Waals surface area (Å²) in [4.78, 5) is 0. The van der Waals surface area contributed by atoms with Crippen molar-refractivity contribution in [3.63, 3.8) is 0 Å². The first-order valence-electron chi connectivity index (χ1n) is 5.58. The highest BCUT2D eigenvalue weighted by Crippen LogP contribution is 2.35. The van der Waals surface area contributed by atoms with E-state index in [1.165, 1.54) is 40.5 Å². The fraction of sp³-hybridized carbons (Fsp3) is 0.385. The Balaban J connectivity index is 2.20. The van der Waals surface area contributed by atoms with Gasteiger partial charge in [-0.15, -0.1) is 11.3 Å². The number of thiophene rings is 1. The van der Waals surface area contributed by atoms with Crippen molar-refractivity contribution in [1.29, 1.82) is 0 Å². The van der Waals surface area contributed by atoms with E-state index in [2.05, 4.69) is 23.6 Å². The third-order valence-corrected chi connectivity index (χ3v) is 4.32. The Bertz CT molecular complexity index is 486. The molecule has 2 aromatic rings. The molecule has 1 heterocycles. The summed E-state index contributed by atoms with van der Waals surface area (Å²) in [6, 6.07) is 6.94. The fourth-order valence-corrected chi connectivity index (χ4v) is 3.44. The first-order valence-corrected chi connectivity index (χ1v) is 6.46.